The molecule has 2 aliphatic heterocycles. The highest BCUT2D eigenvalue weighted by atomic mass is 32.2. The average Bonchev–Trinajstić information content (AvgIpc) is 3.02. The number of nitrogens with zero attached hydrogens (tertiary/aromatic N) is 2. The van der Waals surface area contributed by atoms with E-state index in [4.69, 9.17) is 0 Å². The molecule has 1 aromatic carbocycles. The summed E-state index contributed by atoms with van der Waals surface area (Å²) >= 11 is 3.87. The van der Waals surface area contributed by atoms with Gasteiger partial charge in [-0.05, 0) is 49.2 Å². The molecule has 0 saturated carbocycles. The van der Waals surface area contributed by atoms with Gasteiger partial charge in [-0.15, -0.1) is 11.3 Å². The summed E-state index contributed by atoms with van der Waals surface area (Å²) in [6.45, 7) is 5.85. The summed E-state index contributed by atoms with van der Waals surface area (Å²) in [6.07, 6.45) is 0.965. The van der Waals surface area contributed by atoms with Gasteiger partial charge in [0.1, 0.15) is 0 Å². The van der Waals surface area contributed by atoms with Crippen LogP contribution in [0.5, 0.6) is 0 Å². The van der Waals surface area contributed by atoms with Crippen molar-refractivity contribution in [3.8, 4) is 0 Å². The number of thiophene rings is 1. The summed E-state index contributed by atoms with van der Waals surface area (Å²) in [7, 11) is 0. The molecule has 0 aliphatic carbocycles. The minimum Gasteiger partial charge on any atom is -0.370 e. The van der Waals surface area contributed by atoms with Crippen LogP contribution in [0, 0.1) is 6.92 Å². The highest BCUT2D eigenvalue weighted by Gasteiger charge is 2.22. The number of urea groups is 1. The van der Waals surface area contributed by atoms with Gasteiger partial charge in [-0.25, -0.2) is 4.79 Å². The molecular formula is C19H23N3OS2. The van der Waals surface area contributed by atoms with Crippen molar-refractivity contribution in [3.05, 3.63) is 45.6 Å². The van der Waals surface area contributed by atoms with Gasteiger partial charge in [-0.3, -0.25) is 0 Å². The molecule has 0 unspecified atom stereocenters. The van der Waals surface area contributed by atoms with E-state index >= 15 is 0 Å². The van der Waals surface area contributed by atoms with E-state index in [1.807, 2.05) is 40.1 Å². The number of nitrogens with one attached hydrogen (secondary N) is 1. The Bertz CT molecular complexity index is 751. The van der Waals surface area contributed by atoms with Gasteiger partial charge in [0.2, 0.25) is 0 Å². The number of anilines is 2. The molecule has 1 aromatic heterocycles. The lowest BCUT2D eigenvalue weighted by Gasteiger charge is -2.29. The van der Waals surface area contributed by atoms with Crippen molar-refractivity contribution in [3.63, 3.8) is 0 Å². The van der Waals surface area contributed by atoms with Crippen molar-refractivity contribution in [2.24, 2.45) is 0 Å². The van der Waals surface area contributed by atoms with E-state index in [1.54, 1.807) is 0 Å². The number of benzene rings is 1. The van der Waals surface area contributed by atoms with E-state index in [-0.39, 0.29) is 6.03 Å². The van der Waals surface area contributed by atoms with Gasteiger partial charge in [-0.1, -0.05) is 0 Å². The monoisotopic (exact) mass is 373 g/mol. The number of aryl methyl sites for hydroxylation is 1. The molecule has 0 bridgehead atoms. The first-order valence-electron chi connectivity index (χ1n) is 8.76. The highest BCUT2D eigenvalue weighted by Crippen LogP contribution is 2.28. The number of fused-ring (bicyclic) bond motifs is 1. The maximum atomic E-state index is 12.6. The number of carbonyl (C=O) groups excluding carboxylic acids is 1. The number of rotatable bonds is 2. The van der Waals surface area contributed by atoms with Gasteiger partial charge < -0.3 is 15.1 Å². The first-order chi connectivity index (χ1) is 12.2. The third kappa shape index (κ3) is 3.80. The molecule has 25 heavy (non-hydrogen) atoms. The lowest BCUT2D eigenvalue weighted by Crippen LogP contribution is -2.38. The molecular weight excluding hydrogens is 350 g/mol. The lowest BCUT2D eigenvalue weighted by atomic mass is 10.1. The lowest BCUT2D eigenvalue weighted by molar-refractivity contribution is 0.207. The third-order valence-corrected chi connectivity index (χ3v) is 6.87. The van der Waals surface area contributed by atoms with Crippen molar-refractivity contribution in [2.45, 2.75) is 19.9 Å². The Balaban J connectivity index is 1.37. The van der Waals surface area contributed by atoms with Crippen LogP contribution in [-0.4, -0.2) is 42.1 Å². The van der Waals surface area contributed by atoms with Crippen LogP contribution in [-0.2, 0) is 13.0 Å². The predicted octanol–water partition coefficient (Wildman–Crippen LogP) is 4.20. The zero-order valence-electron chi connectivity index (χ0n) is 14.5. The summed E-state index contributed by atoms with van der Waals surface area (Å²) in [5.41, 5.74) is 3.42. The number of amides is 2. The molecule has 1 saturated heterocycles. The minimum atomic E-state index is -0.00312. The molecule has 2 amide bonds. The predicted molar refractivity (Wildman–Crippen MR) is 108 cm³/mol. The van der Waals surface area contributed by atoms with Crippen LogP contribution < -0.4 is 10.2 Å². The van der Waals surface area contributed by atoms with Gasteiger partial charge in [0.05, 0.1) is 0 Å². The van der Waals surface area contributed by atoms with Crippen molar-refractivity contribution < 1.29 is 4.79 Å². The zero-order chi connectivity index (χ0) is 17.2. The third-order valence-electron chi connectivity index (χ3n) is 4.77. The Morgan fingerprint density at radius 1 is 1.12 bits per heavy atom. The topological polar surface area (TPSA) is 35.6 Å². The summed E-state index contributed by atoms with van der Waals surface area (Å²) in [5.74, 6) is 2.38. The maximum absolute atomic E-state index is 12.6. The van der Waals surface area contributed by atoms with E-state index < -0.39 is 0 Å². The molecule has 1 fully saturated rings. The van der Waals surface area contributed by atoms with Gasteiger partial charge in [0.15, 0.2) is 0 Å². The quantitative estimate of drug-likeness (QED) is 0.857. The molecule has 0 radical (unpaired) electrons. The van der Waals surface area contributed by atoms with Crippen molar-refractivity contribution in [2.75, 3.05) is 41.4 Å². The second-order valence-corrected chi connectivity index (χ2v) is 9.12. The van der Waals surface area contributed by atoms with Gasteiger partial charge in [0.25, 0.3) is 0 Å². The zero-order valence-corrected chi connectivity index (χ0v) is 16.1. The van der Waals surface area contributed by atoms with Crippen LogP contribution in [0.4, 0.5) is 16.2 Å². The van der Waals surface area contributed by atoms with E-state index in [1.165, 1.54) is 32.5 Å². The standard InChI is InChI=1S/C19H23N3OS2/c1-14-12-15-13-22(7-6-18(15)25-14)19(23)20-16-2-4-17(5-3-16)21-8-10-24-11-9-21/h2-5,12H,6-11,13H2,1H3,(H,20,23). The van der Waals surface area contributed by atoms with E-state index in [9.17, 15) is 4.79 Å². The largest absolute Gasteiger partial charge is 0.370 e. The van der Waals surface area contributed by atoms with Crippen LogP contribution >= 0.6 is 23.1 Å². The molecule has 2 aromatic rings. The average molecular weight is 374 g/mol. The smallest absolute Gasteiger partial charge is 0.322 e. The Hall–Kier alpha value is -1.66. The Kier molecular flexibility index (Phi) is 4.90. The first kappa shape index (κ1) is 16.8. The molecule has 2 aliphatic rings. The Labute approximate surface area is 157 Å². The number of thioether (sulfide) groups is 1. The van der Waals surface area contributed by atoms with Crippen LogP contribution in [0.2, 0.25) is 0 Å². The van der Waals surface area contributed by atoms with Crippen molar-refractivity contribution in [1.29, 1.82) is 0 Å². The normalized spacial score (nSPS) is 17.3. The SMILES string of the molecule is Cc1cc2c(s1)CCN(C(=O)Nc1ccc(N3CCSCC3)cc1)C2. The number of hydrogen-bond acceptors (Lipinski definition) is 4. The number of hydrogen-bond donors (Lipinski definition) is 1. The molecule has 0 atom stereocenters. The summed E-state index contributed by atoms with van der Waals surface area (Å²) < 4.78 is 0. The summed E-state index contributed by atoms with van der Waals surface area (Å²) in [5, 5.41) is 3.05. The van der Waals surface area contributed by atoms with Crippen LogP contribution in [0.25, 0.3) is 0 Å². The molecule has 4 rings (SSSR count). The fraction of sp³-hybridized carbons (Fsp3) is 0.421. The van der Waals surface area contributed by atoms with E-state index in [2.05, 4.69) is 35.3 Å². The number of carbonyl (C=O) groups is 1. The van der Waals surface area contributed by atoms with Crippen molar-refractivity contribution >= 4 is 40.5 Å². The second kappa shape index (κ2) is 7.30. The molecule has 0 spiro atoms. The molecule has 4 nitrogen and oxygen atoms in total. The Morgan fingerprint density at radius 3 is 2.64 bits per heavy atom. The van der Waals surface area contributed by atoms with Crippen LogP contribution in [0.3, 0.4) is 0 Å². The van der Waals surface area contributed by atoms with E-state index in [0.29, 0.717) is 0 Å². The molecule has 1 N–H and O–H groups in total. The van der Waals surface area contributed by atoms with Crippen LogP contribution in [0.15, 0.2) is 30.3 Å². The summed E-state index contributed by atoms with van der Waals surface area (Å²) in [4.78, 5) is 19.7. The van der Waals surface area contributed by atoms with Crippen molar-refractivity contribution in [1.82, 2.24) is 4.90 Å². The van der Waals surface area contributed by atoms with E-state index in [0.717, 1.165) is 38.3 Å². The highest BCUT2D eigenvalue weighted by molar-refractivity contribution is 7.99. The minimum absolute atomic E-state index is 0.00312. The second-order valence-electron chi connectivity index (χ2n) is 6.55. The fourth-order valence-corrected chi connectivity index (χ4v) is 5.38. The summed E-state index contributed by atoms with van der Waals surface area (Å²) in [6, 6.07) is 10.5. The van der Waals surface area contributed by atoms with Gasteiger partial charge >= 0.3 is 6.03 Å². The first-order valence-corrected chi connectivity index (χ1v) is 10.7. The van der Waals surface area contributed by atoms with Gasteiger partial charge in [0, 0.05) is 58.8 Å². The Morgan fingerprint density at radius 2 is 1.88 bits per heavy atom. The van der Waals surface area contributed by atoms with Gasteiger partial charge in [-0.2, -0.15) is 11.8 Å². The van der Waals surface area contributed by atoms with Crippen LogP contribution in [0.1, 0.15) is 15.3 Å². The maximum Gasteiger partial charge on any atom is 0.322 e. The molecule has 132 valence electrons. The molecule has 3 heterocycles. The molecule has 6 heteroatoms. The fourth-order valence-electron chi connectivity index (χ4n) is 3.43.